The van der Waals surface area contributed by atoms with Crippen LogP contribution in [0.2, 0.25) is 10.0 Å². The number of hydrogen-bond acceptors (Lipinski definition) is 4. The Kier molecular flexibility index (Phi) is 8.95. The van der Waals surface area contributed by atoms with Crippen molar-refractivity contribution < 1.29 is 24.9 Å². The minimum absolute atomic E-state index is 0.0555. The highest BCUT2D eigenvalue weighted by atomic mass is 35.5. The van der Waals surface area contributed by atoms with E-state index in [0.29, 0.717) is 22.2 Å². The summed E-state index contributed by atoms with van der Waals surface area (Å²) in [6, 6.07) is 5.95. The Balaban J connectivity index is 0.000000416. The van der Waals surface area contributed by atoms with Crippen LogP contribution in [-0.2, 0) is 15.0 Å². The lowest BCUT2D eigenvalue weighted by atomic mass is 9.65. The summed E-state index contributed by atoms with van der Waals surface area (Å²) < 4.78 is 0. The minimum Gasteiger partial charge on any atom is -0.478 e. The molecule has 0 atom stereocenters. The second kappa shape index (κ2) is 10.3. The largest absolute Gasteiger partial charge is 0.478 e. The number of hydrogen-bond donors (Lipinski definition) is 3. The fourth-order valence-electron chi connectivity index (χ4n) is 3.38. The van der Waals surface area contributed by atoms with E-state index in [0.717, 1.165) is 32.2 Å². The molecule has 1 aromatic rings. The molecule has 0 unspecified atom stereocenters. The average Bonchev–Trinajstić information content (AvgIpc) is 2.58. The Morgan fingerprint density at radius 2 is 1.54 bits per heavy atom. The Morgan fingerprint density at radius 1 is 1.04 bits per heavy atom. The van der Waals surface area contributed by atoms with Crippen molar-refractivity contribution >= 4 is 35.1 Å². The summed E-state index contributed by atoms with van der Waals surface area (Å²) in [5.41, 5.74) is 0.752. The van der Waals surface area contributed by atoms with Crippen molar-refractivity contribution in [3.63, 3.8) is 0 Å². The van der Waals surface area contributed by atoms with Crippen LogP contribution in [0.15, 0.2) is 30.4 Å². The first-order valence-corrected chi connectivity index (χ1v) is 9.59. The van der Waals surface area contributed by atoms with Crippen LogP contribution in [0.4, 0.5) is 0 Å². The molecule has 0 saturated heterocycles. The number of benzene rings is 1. The van der Waals surface area contributed by atoms with Crippen LogP contribution in [0, 0.1) is 0 Å². The number of carboxylic acid groups (broad SMARTS) is 2. The predicted molar refractivity (Wildman–Crippen MR) is 110 cm³/mol. The number of halogens is 2. The molecule has 1 aliphatic rings. The van der Waals surface area contributed by atoms with E-state index < -0.39 is 17.5 Å². The van der Waals surface area contributed by atoms with Crippen LogP contribution in [0.3, 0.4) is 0 Å². The molecule has 0 radical (unpaired) electrons. The maximum atomic E-state index is 10.2. The third kappa shape index (κ3) is 7.80. The zero-order chi connectivity index (χ0) is 21.5. The van der Waals surface area contributed by atoms with Gasteiger partial charge in [-0.2, -0.15) is 0 Å². The predicted octanol–water partition coefficient (Wildman–Crippen LogP) is 3.83. The van der Waals surface area contributed by atoms with Gasteiger partial charge in [0.2, 0.25) is 0 Å². The monoisotopic (exact) mass is 431 g/mol. The smallest absolute Gasteiger partial charge is 0.328 e. The number of aliphatic carboxylic acids is 2. The van der Waals surface area contributed by atoms with E-state index in [4.69, 9.17) is 33.4 Å². The van der Waals surface area contributed by atoms with Gasteiger partial charge in [0.25, 0.3) is 0 Å². The quantitative estimate of drug-likeness (QED) is 0.612. The van der Waals surface area contributed by atoms with Crippen LogP contribution in [0.1, 0.15) is 38.2 Å². The van der Waals surface area contributed by atoms with Gasteiger partial charge in [-0.15, -0.1) is 0 Å². The Morgan fingerprint density at radius 3 is 1.93 bits per heavy atom. The molecule has 8 heteroatoms. The number of aliphatic hydroxyl groups is 1. The fourth-order valence-corrected chi connectivity index (χ4v) is 3.68. The highest BCUT2D eigenvalue weighted by Gasteiger charge is 2.41. The van der Waals surface area contributed by atoms with Gasteiger partial charge in [-0.3, -0.25) is 0 Å². The molecule has 156 valence electrons. The van der Waals surface area contributed by atoms with E-state index in [1.165, 1.54) is 5.56 Å². The molecular weight excluding hydrogens is 405 g/mol. The van der Waals surface area contributed by atoms with Gasteiger partial charge in [-0.1, -0.05) is 29.3 Å². The number of rotatable bonds is 5. The highest BCUT2D eigenvalue weighted by molar-refractivity contribution is 6.42. The Hall–Kier alpha value is -1.60. The normalized spacial score (nSPS) is 24.7. The van der Waals surface area contributed by atoms with Crippen LogP contribution >= 0.6 is 23.2 Å². The summed E-state index contributed by atoms with van der Waals surface area (Å²) in [7, 11) is 4.18. The standard InChI is InChI=1S/C16H23Cl2NO.C4H4O4/c1-15(20)6-8-16(9-7-15,11-19(2)3)12-4-5-13(17)14(18)10-12;5-3(6)1-2-4(7)8/h4-5,10,20H,6-9,11H2,1-3H3;1-2H,(H,5,6)(H,7,8)/b;2-1-/t15-,16-;. The van der Waals surface area contributed by atoms with Crippen molar-refractivity contribution in [3.05, 3.63) is 46.0 Å². The first kappa shape index (κ1) is 24.4. The SMILES string of the molecule is CN(C)C[C@]1(c2ccc(Cl)c(Cl)c2)CC[C@](C)(O)CC1.O=C(O)/C=C\C(=O)O. The van der Waals surface area contributed by atoms with Crippen molar-refractivity contribution in [2.45, 2.75) is 43.6 Å². The maximum absolute atomic E-state index is 10.2. The zero-order valence-corrected chi connectivity index (χ0v) is 17.8. The van der Waals surface area contributed by atoms with Crippen molar-refractivity contribution in [3.8, 4) is 0 Å². The van der Waals surface area contributed by atoms with E-state index in [1.807, 2.05) is 19.1 Å². The number of likely N-dealkylation sites (N-methyl/N-ethyl adjacent to an activating group) is 1. The fraction of sp³-hybridized carbons (Fsp3) is 0.500. The number of carbonyl (C=O) groups is 2. The molecule has 3 N–H and O–H groups in total. The summed E-state index contributed by atoms with van der Waals surface area (Å²) in [4.78, 5) is 21.3. The van der Waals surface area contributed by atoms with Crippen molar-refractivity contribution in [2.75, 3.05) is 20.6 Å². The highest BCUT2D eigenvalue weighted by Crippen LogP contribution is 2.44. The summed E-state index contributed by atoms with van der Waals surface area (Å²) in [5.74, 6) is -2.51. The molecule has 0 spiro atoms. The lowest BCUT2D eigenvalue weighted by Gasteiger charge is -2.44. The van der Waals surface area contributed by atoms with Crippen LogP contribution in [0.25, 0.3) is 0 Å². The van der Waals surface area contributed by atoms with Gasteiger partial charge in [-0.25, -0.2) is 9.59 Å². The van der Waals surface area contributed by atoms with Gasteiger partial charge in [0.05, 0.1) is 15.6 Å². The molecule has 0 amide bonds. The number of nitrogens with zero attached hydrogens (tertiary/aromatic N) is 1. The summed E-state index contributed by atoms with van der Waals surface area (Å²) in [6.45, 7) is 2.89. The molecule has 0 aromatic heterocycles. The van der Waals surface area contributed by atoms with E-state index >= 15 is 0 Å². The van der Waals surface area contributed by atoms with Gasteiger partial charge < -0.3 is 20.2 Å². The molecule has 1 aromatic carbocycles. The maximum Gasteiger partial charge on any atom is 0.328 e. The summed E-state index contributed by atoms with van der Waals surface area (Å²) >= 11 is 12.2. The van der Waals surface area contributed by atoms with E-state index in [-0.39, 0.29) is 5.41 Å². The lowest BCUT2D eigenvalue weighted by molar-refractivity contribution is -0.134. The van der Waals surface area contributed by atoms with E-state index in [9.17, 15) is 14.7 Å². The second-order valence-electron chi connectivity index (χ2n) is 7.65. The summed E-state index contributed by atoms with van der Waals surface area (Å²) in [5, 5.41) is 27.1. The molecule has 1 aliphatic carbocycles. The molecule has 1 fully saturated rings. The van der Waals surface area contributed by atoms with Gasteiger partial charge in [0, 0.05) is 24.1 Å². The van der Waals surface area contributed by atoms with Crippen molar-refractivity contribution in [1.82, 2.24) is 4.90 Å². The molecular formula is C20H27Cl2NO5. The molecule has 6 nitrogen and oxygen atoms in total. The van der Waals surface area contributed by atoms with Crippen molar-refractivity contribution in [1.29, 1.82) is 0 Å². The third-order valence-corrected chi connectivity index (χ3v) is 5.54. The zero-order valence-electron chi connectivity index (χ0n) is 16.3. The second-order valence-corrected chi connectivity index (χ2v) is 8.47. The van der Waals surface area contributed by atoms with Crippen LogP contribution in [-0.4, -0.2) is 58.4 Å². The van der Waals surface area contributed by atoms with Gasteiger partial charge in [0.1, 0.15) is 0 Å². The average molecular weight is 432 g/mol. The molecule has 1 saturated carbocycles. The first-order valence-electron chi connectivity index (χ1n) is 8.83. The van der Waals surface area contributed by atoms with Gasteiger partial charge >= 0.3 is 11.9 Å². The molecule has 2 rings (SSSR count). The summed E-state index contributed by atoms with van der Waals surface area (Å²) in [6.07, 6.45) is 4.69. The van der Waals surface area contributed by atoms with E-state index in [2.05, 4.69) is 25.1 Å². The van der Waals surface area contributed by atoms with E-state index in [1.54, 1.807) is 0 Å². The number of carboxylic acids is 2. The van der Waals surface area contributed by atoms with Crippen molar-refractivity contribution in [2.24, 2.45) is 0 Å². The Labute approximate surface area is 175 Å². The van der Waals surface area contributed by atoms with Gasteiger partial charge in [0.15, 0.2) is 0 Å². The molecule has 0 heterocycles. The first-order chi connectivity index (χ1) is 12.9. The molecule has 0 bridgehead atoms. The minimum atomic E-state index is -1.26. The lowest BCUT2D eigenvalue weighted by Crippen LogP contribution is -2.45. The third-order valence-electron chi connectivity index (χ3n) is 4.80. The van der Waals surface area contributed by atoms with Gasteiger partial charge in [-0.05, 0) is 64.4 Å². The topological polar surface area (TPSA) is 98.1 Å². The Bertz CT molecular complexity index is 705. The molecule has 0 aliphatic heterocycles. The van der Waals surface area contributed by atoms with Crippen LogP contribution in [0.5, 0.6) is 0 Å². The molecule has 28 heavy (non-hydrogen) atoms. The van der Waals surface area contributed by atoms with Crippen LogP contribution < -0.4 is 0 Å².